The Bertz CT molecular complexity index is 1040. The lowest BCUT2D eigenvalue weighted by atomic mass is 10.1. The number of nitrogens with two attached hydrogens (primary N) is 1. The van der Waals surface area contributed by atoms with E-state index in [1.165, 1.54) is 11.3 Å². The Balaban J connectivity index is 1.98. The van der Waals surface area contributed by atoms with Crippen LogP contribution in [0.1, 0.15) is 23.7 Å². The number of nitrogens with one attached hydrogen (secondary N) is 1. The molecule has 0 bridgehead atoms. The smallest absolute Gasteiger partial charge is 0.275 e. The summed E-state index contributed by atoms with van der Waals surface area (Å²) in [6.07, 6.45) is 0. The van der Waals surface area contributed by atoms with Crippen molar-refractivity contribution in [2.75, 3.05) is 5.32 Å². The summed E-state index contributed by atoms with van der Waals surface area (Å²) < 4.78 is 1.51. The third-order valence-corrected chi connectivity index (χ3v) is 5.69. The molecule has 26 heavy (non-hydrogen) atoms. The van der Waals surface area contributed by atoms with Crippen LogP contribution in [0.2, 0.25) is 9.49 Å². The molecule has 0 saturated carbocycles. The summed E-state index contributed by atoms with van der Waals surface area (Å²) in [5, 5.41) is 9.58. The molecule has 3 aromatic rings. The van der Waals surface area contributed by atoms with E-state index >= 15 is 0 Å². The molecule has 1 atom stereocenters. The lowest BCUT2D eigenvalue weighted by Crippen LogP contribution is -2.30. The quantitative estimate of drug-likeness (QED) is 0.670. The average molecular weight is 412 g/mol. The van der Waals surface area contributed by atoms with Gasteiger partial charge in [0, 0.05) is 11.1 Å². The van der Waals surface area contributed by atoms with Crippen molar-refractivity contribution in [3.63, 3.8) is 0 Å². The maximum Gasteiger partial charge on any atom is 0.275 e. The van der Waals surface area contributed by atoms with E-state index < -0.39 is 5.91 Å². The van der Waals surface area contributed by atoms with Gasteiger partial charge in [-0.1, -0.05) is 29.3 Å². The summed E-state index contributed by atoms with van der Waals surface area (Å²) in [6, 6.07) is 5.22. The Kier molecular flexibility index (Phi) is 5.17. The van der Waals surface area contributed by atoms with Gasteiger partial charge in [0.25, 0.3) is 5.56 Å². The minimum Gasteiger partial charge on any atom is -0.376 e. The van der Waals surface area contributed by atoms with Crippen molar-refractivity contribution in [3.05, 3.63) is 48.7 Å². The fraction of sp³-hybridized carbons (Fsp3) is 0.250. The van der Waals surface area contributed by atoms with Crippen LogP contribution in [-0.2, 0) is 11.3 Å². The van der Waals surface area contributed by atoms with E-state index in [2.05, 4.69) is 15.4 Å². The highest BCUT2D eigenvalue weighted by Gasteiger charge is 2.15. The van der Waals surface area contributed by atoms with E-state index in [9.17, 15) is 9.59 Å². The zero-order chi connectivity index (χ0) is 19.0. The molecule has 0 spiro atoms. The lowest BCUT2D eigenvalue weighted by molar-refractivity contribution is -0.118. The summed E-state index contributed by atoms with van der Waals surface area (Å²) >= 11 is 13.2. The number of thiazole rings is 1. The van der Waals surface area contributed by atoms with Crippen molar-refractivity contribution in [1.29, 1.82) is 0 Å². The number of aromatic nitrogens is 3. The second kappa shape index (κ2) is 7.22. The summed E-state index contributed by atoms with van der Waals surface area (Å²) in [6.45, 7) is 3.42. The third-order valence-electron chi connectivity index (χ3n) is 3.77. The van der Waals surface area contributed by atoms with Crippen LogP contribution < -0.4 is 16.6 Å². The number of rotatable bonds is 5. The highest BCUT2D eigenvalue weighted by Crippen LogP contribution is 2.33. The number of anilines is 1. The number of halogens is 2. The van der Waals surface area contributed by atoms with Gasteiger partial charge in [-0.2, -0.15) is 5.10 Å². The zero-order valence-electron chi connectivity index (χ0n) is 13.9. The molecule has 0 saturated heterocycles. The Morgan fingerprint density at radius 1 is 1.38 bits per heavy atom. The normalized spacial score (nSPS) is 12.3. The number of amides is 1. The number of hydrogen-bond acceptors (Lipinski definition) is 6. The van der Waals surface area contributed by atoms with Crippen LogP contribution in [0, 0.1) is 6.92 Å². The molecule has 10 heteroatoms. The van der Waals surface area contributed by atoms with Gasteiger partial charge in [-0.15, -0.1) is 11.3 Å². The highest BCUT2D eigenvalue weighted by molar-refractivity contribution is 7.16. The maximum absolute atomic E-state index is 12.6. The largest absolute Gasteiger partial charge is 0.376 e. The Morgan fingerprint density at radius 3 is 2.73 bits per heavy atom. The molecule has 2 heterocycles. The van der Waals surface area contributed by atoms with E-state index in [0.717, 1.165) is 15.4 Å². The Labute approximate surface area is 162 Å². The second-order valence-electron chi connectivity index (χ2n) is 5.76. The molecule has 2 aromatic heterocycles. The molecule has 3 N–H and O–H groups in total. The van der Waals surface area contributed by atoms with Gasteiger partial charge in [0.05, 0.1) is 17.1 Å². The first-order valence-electron chi connectivity index (χ1n) is 7.64. The zero-order valence-corrected chi connectivity index (χ0v) is 16.2. The topological polar surface area (TPSA) is 103 Å². The van der Waals surface area contributed by atoms with Crippen molar-refractivity contribution in [2.45, 2.75) is 26.4 Å². The van der Waals surface area contributed by atoms with E-state index in [1.807, 2.05) is 19.1 Å². The van der Waals surface area contributed by atoms with Crippen molar-refractivity contribution in [3.8, 4) is 0 Å². The average Bonchev–Trinajstić information content (AvgIpc) is 2.91. The predicted molar refractivity (Wildman–Crippen MR) is 104 cm³/mol. The summed E-state index contributed by atoms with van der Waals surface area (Å²) in [5.41, 5.74) is 6.17. The first-order chi connectivity index (χ1) is 12.3. The molecule has 1 amide bonds. The van der Waals surface area contributed by atoms with Crippen LogP contribution in [0.5, 0.6) is 0 Å². The van der Waals surface area contributed by atoms with Crippen molar-refractivity contribution >= 4 is 56.9 Å². The minimum absolute atomic E-state index is 0.154. The maximum atomic E-state index is 12.6. The van der Waals surface area contributed by atoms with Crippen LogP contribution in [0.4, 0.5) is 5.69 Å². The number of hydrogen-bond donors (Lipinski definition) is 2. The van der Waals surface area contributed by atoms with Crippen LogP contribution in [0.25, 0.3) is 10.8 Å². The molecule has 0 aliphatic carbocycles. The molecule has 0 aliphatic rings. The van der Waals surface area contributed by atoms with Crippen LogP contribution >= 0.6 is 34.5 Å². The highest BCUT2D eigenvalue weighted by atomic mass is 35.5. The van der Waals surface area contributed by atoms with Crippen molar-refractivity contribution in [2.24, 2.45) is 5.73 Å². The molecule has 0 unspecified atom stereocenters. The van der Waals surface area contributed by atoms with Crippen LogP contribution in [-0.4, -0.2) is 20.7 Å². The Morgan fingerprint density at radius 2 is 2.12 bits per heavy atom. The molecule has 3 rings (SSSR count). The number of carbonyl (C=O) groups is 1. The molecular formula is C16H15Cl2N5O2S. The van der Waals surface area contributed by atoms with E-state index in [4.69, 9.17) is 28.9 Å². The number of fused-ring (bicyclic) bond motifs is 1. The van der Waals surface area contributed by atoms with Gasteiger partial charge in [0.2, 0.25) is 5.91 Å². The second-order valence-corrected chi connectivity index (χ2v) is 7.75. The first kappa shape index (κ1) is 18.6. The van der Waals surface area contributed by atoms with Gasteiger partial charge in [-0.05, 0) is 26.0 Å². The third kappa shape index (κ3) is 3.67. The van der Waals surface area contributed by atoms with Crippen molar-refractivity contribution in [1.82, 2.24) is 14.8 Å². The number of nitrogens with zero attached hydrogens (tertiary/aromatic N) is 3. The van der Waals surface area contributed by atoms with Gasteiger partial charge in [0.15, 0.2) is 5.15 Å². The van der Waals surface area contributed by atoms with Crippen molar-refractivity contribution < 1.29 is 4.79 Å². The standard InChI is InChI=1S/C16H15Cl2N5O2S/c1-7-10-4-3-9(20-8(2)15-21-13(17)14(18)26-15)5-11(10)16(25)23(22-7)6-12(19)24/h3-5,8,20H,6H2,1-2H3,(H2,19,24)/t8-/m1/s1. The molecule has 7 nitrogen and oxygen atoms in total. The molecule has 0 aliphatic heterocycles. The number of primary amides is 1. The van der Waals surface area contributed by atoms with Crippen LogP contribution in [0.3, 0.4) is 0 Å². The fourth-order valence-electron chi connectivity index (χ4n) is 2.60. The van der Waals surface area contributed by atoms with Gasteiger partial charge in [-0.3, -0.25) is 9.59 Å². The number of carbonyl (C=O) groups excluding carboxylic acids is 1. The minimum atomic E-state index is -0.626. The van der Waals surface area contributed by atoms with Gasteiger partial charge in [0.1, 0.15) is 15.9 Å². The van der Waals surface area contributed by atoms with Gasteiger partial charge in [-0.25, -0.2) is 9.67 Å². The van der Waals surface area contributed by atoms with E-state index in [1.54, 1.807) is 13.0 Å². The molecule has 1 aromatic carbocycles. The molecule has 0 radical (unpaired) electrons. The first-order valence-corrected chi connectivity index (χ1v) is 9.21. The van der Waals surface area contributed by atoms with E-state index in [-0.39, 0.29) is 23.3 Å². The number of benzene rings is 1. The van der Waals surface area contributed by atoms with Gasteiger partial charge >= 0.3 is 0 Å². The molecule has 0 fully saturated rings. The predicted octanol–water partition coefficient (Wildman–Crippen LogP) is 3.13. The Hall–Kier alpha value is -2.16. The lowest BCUT2D eigenvalue weighted by Gasteiger charge is -2.14. The number of aryl methyl sites for hydroxylation is 1. The van der Waals surface area contributed by atoms with Gasteiger partial charge < -0.3 is 11.1 Å². The fourth-order valence-corrected chi connectivity index (χ4v) is 3.82. The van der Waals surface area contributed by atoms with Crippen LogP contribution in [0.15, 0.2) is 23.0 Å². The SMILES string of the molecule is Cc1nn(CC(N)=O)c(=O)c2cc(N[C@H](C)c3nc(Cl)c(Cl)s3)ccc12. The summed E-state index contributed by atoms with van der Waals surface area (Å²) in [5.74, 6) is -0.626. The monoisotopic (exact) mass is 411 g/mol. The summed E-state index contributed by atoms with van der Waals surface area (Å²) in [4.78, 5) is 28.0. The molecular weight excluding hydrogens is 397 g/mol. The summed E-state index contributed by atoms with van der Waals surface area (Å²) in [7, 11) is 0. The molecule has 136 valence electrons. The van der Waals surface area contributed by atoms with E-state index in [0.29, 0.717) is 20.8 Å².